The third kappa shape index (κ3) is 3.37. The first kappa shape index (κ1) is 15.9. The lowest BCUT2D eigenvalue weighted by atomic mass is 10.1. The molecule has 0 aliphatic carbocycles. The molecule has 0 bridgehead atoms. The predicted octanol–water partition coefficient (Wildman–Crippen LogP) is 4.04. The van der Waals surface area contributed by atoms with E-state index in [1.54, 1.807) is 22.7 Å². The fraction of sp³-hybridized carbons (Fsp3) is 0.294. The lowest BCUT2D eigenvalue weighted by Gasteiger charge is -2.06. The average Bonchev–Trinajstić information content (AvgIpc) is 3.14. The molecule has 0 aromatic carbocycles. The number of rotatable bonds is 5. The second-order valence-corrected chi connectivity index (χ2v) is 7.75. The normalized spacial score (nSPS) is 12.3. The number of nitrogens with one attached hydrogen (secondary N) is 1. The molecule has 3 rings (SSSR count). The van der Waals surface area contributed by atoms with Gasteiger partial charge in [0.05, 0.1) is 15.9 Å². The molecule has 3 N–H and O–H groups in total. The molecule has 23 heavy (non-hydrogen) atoms. The Labute approximate surface area is 143 Å². The Morgan fingerprint density at radius 1 is 1.48 bits per heavy atom. The van der Waals surface area contributed by atoms with Gasteiger partial charge in [-0.05, 0) is 43.3 Å². The van der Waals surface area contributed by atoms with E-state index >= 15 is 0 Å². The number of nitrogens with zero attached hydrogens (tertiary/aromatic N) is 2. The topological polar surface area (TPSA) is 74.7 Å². The molecule has 0 aliphatic rings. The Hall–Kier alpha value is -1.94. The Morgan fingerprint density at radius 2 is 2.30 bits per heavy atom. The molecule has 3 heterocycles. The Morgan fingerprint density at radius 3 is 2.96 bits per heavy atom. The SMILES string of the molecule is Cc1c(C[C@H](C)N)sc2c(NCc3cccs3)cc(C#N)nc12. The number of pyridine rings is 1. The van der Waals surface area contributed by atoms with Gasteiger partial charge in [0.15, 0.2) is 0 Å². The molecule has 0 saturated carbocycles. The van der Waals surface area contributed by atoms with Crippen LogP contribution in [0.25, 0.3) is 10.2 Å². The summed E-state index contributed by atoms with van der Waals surface area (Å²) in [6, 6.07) is 8.25. The Kier molecular flexibility index (Phi) is 4.62. The summed E-state index contributed by atoms with van der Waals surface area (Å²) >= 11 is 3.44. The summed E-state index contributed by atoms with van der Waals surface area (Å²) in [5, 5.41) is 14.8. The number of aryl methyl sites for hydroxylation is 1. The van der Waals surface area contributed by atoms with E-state index in [0.29, 0.717) is 5.69 Å². The molecule has 4 nitrogen and oxygen atoms in total. The number of fused-ring (bicyclic) bond motifs is 1. The Bertz CT molecular complexity index is 857. The minimum Gasteiger partial charge on any atom is -0.379 e. The van der Waals surface area contributed by atoms with Gasteiger partial charge in [-0.3, -0.25) is 0 Å². The van der Waals surface area contributed by atoms with E-state index in [4.69, 9.17) is 5.73 Å². The van der Waals surface area contributed by atoms with Crippen molar-refractivity contribution in [2.24, 2.45) is 5.73 Å². The number of anilines is 1. The molecule has 0 aliphatic heterocycles. The van der Waals surface area contributed by atoms with Crippen LogP contribution in [0.4, 0.5) is 5.69 Å². The van der Waals surface area contributed by atoms with Crippen LogP contribution >= 0.6 is 22.7 Å². The lowest BCUT2D eigenvalue weighted by Crippen LogP contribution is -2.17. The van der Waals surface area contributed by atoms with Gasteiger partial charge in [-0.2, -0.15) is 5.26 Å². The van der Waals surface area contributed by atoms with E-state index in [1.165, 1.54) is 9.75 Å². The van der Waals surface area contributed by atoms with Crippen molar-refractivity contribution >= 4 is 38.6 Å². The number of aromatic nitrogens is 1. The standard InChI is InChI=1S/C17H18N4S2/c1-10(19)6-15-11(2)16-17(23-15)14(7-12(8-18)21-16)20-9-13-4-3-5-22-13/h3-5,7,10H,6,9,19H2,1-2H3,(H,20,21)/t10-/m0/s1. The third-order valence-corrected chi connectivity index (χ3v) is 5.84. The molecular weight excluding hydrogens is 324 g/mol. The third-order valence-electron chi connectivity index (χ3n) is 3.63. The average molecular weight is 342 g/mol. The fourth-order valence-electron chi connectivity index (χ4n) is 2.49. The molecular formula is C17H18N4S2. The van der Waals surface area contributed by atoms with Crippen LogP contribution in [-0.4, -0.2) is 11.0 Å². The molecule has 3 aromatic rings. The van der Waals surface area contributed by atoms with Crippen LogP contribution in [0, 0.1) is 18.3 Å². The minimum absolute atomic E-state index is 0.111. The first-order valence-corrected chi connectivity index (χ1v) is 9.13. The zero-order valence-electron chi connectivity index (χ0n) is 13.1. The van der Waals surface area contributed by atoms with Gasteiger partial charge in [0.1, 0.15) is 11.8 Å². The number of nitriles is 1. The Balaban J connectivity index is 2.02. The van der Waals surface area contributed by atoms with Crippen molar-refractivity contribution in [3.8, 4) is 6.07 Å². The van der Waals surface area contributed by atoms with Crippen LogP contribution in [0.15, 0.2) is 23.6 Å². The van der Waals surface area contributed by atoms with Gasteiger partial charge in [-0.25, -0.2) is 4.98 Å². The second-order valence-electron chi connectivity index (χ2n) is 5.61. The second kappa shape index (κ2) is 6.67. The summed E-state index contributed by atoms with van der Waals surface area (Å²) in [6.07, 6.45) is 0.832. The van der Waals surface area contributed by atoms with E-state index in [2.05, 4.69) is 34.7 Å². The van der Waals surface area contributed by atoms with E-state index in [-0.39, 0.29) is 6.04 Å². The smallest absolute Gasteiger partial charge is 0.143 e. The predicted molar refractivity (Wildman–Crippen MR) is 98.1 cm³/mol. The van der Waals surface area contributed by atoms with E-state index < -0.39 is 0 Å². The quantitative estimate of drug-likeness (QED) is 0.734. The first-order valence-electron chi connectivity index (χ1n) is 7.43. The first-order chi connectivity index (χ1) is 11.1. The molecule has 1 atom stereocenters. The molecule has 6 heteroatoms. The van der Waals surface area contributed by atoms with Crippen molar-refractivity contribution in [2.45, 2.75) is 32.9 Å². The van der Waals surface area contributed by atoms with Crippen LogP contribution in [0.2, 0.25) is 0 Å². The molecule has 118 valence electrons. The summed E-state index contributed by atoms with van der Waals surface area (Å²) in [5.41, 5.74) is 9.42. The van der Waals surface area contributed by atoms with Gasteiger partial charge in [0.2, 0.25) is 0 Å². The largest absolute Gasteiger partial charge is 0.379 e. The van der Waals surface area contributed by atoms with E-state index in [9.17, 15) is 5.26 Å². The maximum Gasteiger partial charge on any atom is 0.143 e. The van der Waals surface area contributed by atoms with Gasteiger partial charge in [-0.15, -0.1) is 22.7 Å². The highest BCUT2D eigenvalue weighted by Gasteiger charge is 2.15. The maximum absolute atomic E-state index is 9.26. The van der Waals surface area contributed by atoms with Gasteiger partial charge in [0, 0.05) is 22.3 Å². The number of hydrogen-bond donors (Lipinski definition) is 2. The fourth-order valence-corrected chi connectivity index (χ4v) is 4.52. The lowest BCUT2D eigenvalue weighted by molar-refractivity contribution is 0.744. The summed E-state index contributed by atoms with van der Waals surface area (Å²) in [7, 11) is 0. The van der Waals surface area contributed by atoms with E-state index in [0.717, 1.165) is 34.4 Å². The van der Waals surface area contributed by atoms with Crippen molar-refractivity contribution < 1.29 is 0 Å². The summed E-state index contributed by atoms with van der Waals surface area (Å²) in [6.45, 7) is 4.82. The van der Waals surface area contributed by atoms with Gasteiger partial charge >= 0.3 is 0 Å². The molecule has 3 aromatic heterocycles. The summed E-state index contributed by atoms with van der Waals surface area (Å²) in [4.78, 5) is 7.01. The number of hydrogen-bond acceptors (Lipinski definition) is 6. The van der Waals surface area contributed by atoms with Crippen molar-refractivity contribution in [2.75, 3.05) is 5.32 Å². The van der Waals surface area contributed by atoms with Gasteiger partial charge < -0.3 is 11.1 Å². The summed E-state index contributed by atoms with van der Waals surface area (Å²) in [5.74, 6) is 0. The maximum atomic E-state index is 9.26. The van der Waals surface area contributed by atoms with Crippen LogP contribution in [0.5, 0.6) is 0 Å². The van der Waals surface area contributed by atoms with Crippen molar-refractivity contribution in [3.05, 3.63) is 44.6 Å². The molecule has 0 spiro atoms. The molecule has 0 radical (unpaired) electrons. The number of thiophene rings is 2. The van der Waals surface area contributed by atoms with Crippen molar-refractivity contribution in [1.29, 1.82) is 5.26 Å². The minimum atomic E-state index is 0.111. The monoisotopic (exact) mass is 342 g/mol. The highest BCUT2D eigenvalue weighted by molar-refractivity contribution is 7.19. The van der Waals surface area contributed by atoms with Gasteiger partial charge in [-0.1, -0.05) is 6.07 Å². The summed E-state index contributed by atoms with van der Waals surface area (Å²) < 4.78 is 1.11. The molecule has 0 unspecified atom stereocenters. The van der Waals surface area contributed by atoms with Gasteiger partial charge in [0.25, 0.3) is 0 Å². The van der Waals surface area contributed by atoms with Crippen LogP contribution < -0.4 is 11.1 Å². The highest BCUT2D eigenvalue weighted by Crippen LogP contribution is 2.36. The van der Waals surface area contributed by atoms with Crippen molar-refractivity contribution in [3.63, 3.8) is 0 Å². The van der Waals surface area contributed by atoms with Crippen molar-refractivity contribution in [1.82, 2.24) is 4.98 Å². The van der Waals surface area contributed by atoms with Crippen LogP contribution in [-0.2, 0) is 13.0 Å². The van der Waals surface area contributed by atoms with E-state index in [1.807, 2.05) is 19.1 Å². The molecule has 0 fully saturated rings. The van der Waals surface area contributed by atoms with Crippen LogP contribution in [0.3, 0.4) is 0 Å². The van der Waals surface area contributed by atoms with Crippen LogP contribution in [0.1, 0.15) is 27.9 Å². The zero-order valence-corrected chi connectivity index (χ0v) is 14.7. The zero-order chi connectivity index (χ0) is 16.4. The molecule has 0 saturated heterocycles. The molecule has 0 amide bonds. The highest BCUT2D eigenvalue weighted by atomic mass is 32.1. The number of nitrogens with two attached hydrogens (primary N) is 1.